The summed E-state index contributed by atoms with van der Waals surface area (Å²) in [5, 5.41) is 17.8. The van der Waals surface area contributed by atoms with Crippen molar-refractivity contribution in [2.24, 2.45) is 0 Å². The van der Waals surface area contributed by atoms with Crippen LogP contribution in [0, 0.1) is 0 Å². The smallest absolute Gasteiger partial charge is 0.205 e. The molecule has 5 nitrogen and oxygen atoms in total. The molecule has 2 heterocycles. The Bertz CT molecular complexity index is 557. The predicted octanol–water partition coefficient (Wildman–Crippen LogP) is 3.32. The van der Waals surface area contributed by atoms with Gasteiger partial charge in [-0.15, -0.1) is 10.2 Å². The van der Waals surface area contributed by atoms with Crippen LogP contribution in [-0.2, 0) is 0 Å². The molecule has 3 rings (SSSR count). The van der Waals surface area contributed by atoms with Gasteiger partial charge in [0.15, 0.2) is 0 Å². The van der Waals surface area contributed by atoms with Gasteiger partial charge in [-0.25, -0.2) is 0 Å². The van der Waals surface area contributed by atoms with Gasteiger partial charge < -0.3 is 10.6 Å². The van der Waals surface area contributed by atoms with Gasteiger partial charge in [-0.05, 0) is 39.1 Å². The van der Waals surface area contributed by atoms with Gasteiger partial charge in [0, 0.05) is 24.6 Å². The van der Waals surface area contributed by atoms with Crippen LogP contribution in [0.4, 0.5) is 5.13 Å². The Morgan fingerprint density at radius 3 is 2.87 bits per heavy atom. The van der Waals surface area contributed by atoms with E-state index in [2.05, 4.69) is 58.1 Å². The summed E-state index contributed by atoms with van der Waals surface area (Å²) in [6.45, 7) is 0.881. The highest BCUT2D eigenvalue weighted by molar-refractivity contribution is 7.15. The molecular weight excluding hydrogens is 306 g/mol. The lowest BCUT2D eigenvalue weighted by molar-refractivity contribution is 0.308. The summed E-state index contributed by atoms with van der Waals surface area (Å²) in [5.41, 5.74) is 1.26. The Kier molecular flexibility index (Phi) is 5.67. The molecule has 6 heteroatoms. The first-order valence-corrected chi connectivity index (χ1v) is 9.41. The van der Waals surface area contributed by atoms with Crippen molar-refractivity contribution in [1.29, 1.82) is 0 Å². The minimum absolute atomic E-state index is 0.287. The molecule has 23 heavy (non-hydrogen) atoms. The van der Waals surface area contributed by atoms with Crippen LogP contribution in [0.15, 0.2) is 23.9 Å². The van der Waals surface area contributed by atoms with Crippen molar-refractivity contribution in [2.45, 2.75) is 50.6 Å². The van der Waals surface area contributed by atoms with E-state index in [1.165, 1.54) is 42.8 Å². The fraction of sp³-hybridized carbons (Fsp3) is 0.647. The predicted molar refractivity (Wildman–Crippen MR) is 96.7 cm³/mol. The number of dihydropyridines is 1. The van der Waals surface area contributed by atoms with E-state index in [-0.39, 0.29) is 6.17 Å². The van der Waals surface area contributed by atoms with Crippen molar-refractivity contribution < 1.29 is 0 Å². The Morgan fingerprint density at radius 2 is 2.09 bits per heavy atom. The van der Waals surface area contributed by atoms with Gasteiger partial charge in [0.05, 0.1) is 6.17 Å². The van der Waals surface area contributed by atoms with Crippen LogP contribution in [0.25, 0.3) is 0 Å². The number of nitrogens with zero attached hydrogens (tertiary/aromatic N) is 3. The third-order valence-corrected chi connectivity index (χ3v) is 5.59. The van der Waals surface area contributed by atoms with E-state index in [1.807, 2.05) is 0 Å². The quantitative estimate of drug-likeness (QED) is 0.836. The number of hydrogen-bond acceptors (Lipinski definition) is 6. The molecule has 1 unspecified atom stereocenters. The second-order valence-electron chi connectivity index (χ2n) is 6.59. The Balaban J connectivity index is 1.45. The summed E-state index contributed by atoms with van der Waals surface area (Å²) in [6.07, 6.45) is 14.3. The SMILES string of the molecule is CN(C)C1C=CC=C(CCNc2nnc(C3CCCCC3)s2)N1. The summed E-state index contributed by atoms with van der Waals surface area (Å²) < 4.78 is 0. The van der Waals surface area contributed by atoms with Gasteiger partial charge in [-0.2, -0.15) is 0 Å². The van der Waals surface area contributed by atoms with Crippen LogP contribution < -0.4 is 10.6 Å². The first-order chi connectivity index (χ1) is 11.2. The maximum Gasteiger partial charge on any atom is 0.205 e. The average Bonchev–Trinajstić information content (AvgIpc) is 3.05. The molecule has 0 saturated heterocycles. The van der Waals surface area contributed by atoms with E-state index in [9.17, 15) is 0 Å². The largest absolute Gasteiger partial charge is 0.370 e. The Labute approximate surface area is 142 Å². The number of hydrogen-bond donors (Lipinski definition) is 2. The van der Waals surface area contributed by atoms with Crippen LogP contribution in [0.1, 0.15) is 49.5 Å². The van der Waals surface area contributed by atoms with Crippen LogP contribution in [0.3, 0.4) is 0 Å². The highest BCUT2D eigenvalue weighted by Gasteiger charge is 2.19. The minimum atomic E-state index is 0.287. The van der Waals surface area contributed by atoms with Crippen molar-refractivity contribution in [3.05, 3.63) is 28.9 Å². The molecule has 0 bridgehead atoms. The molecule has 1 atom stereocenters. The maximum absolute atomic E-state index is 4.40. The van der Waals surface area contributed by atoms with Crippen LogP contribution in [-0.4, -0.2) is 41.9 Å². The van der Waals surface area contributed by atoms with Gasteiger partial charge in [-0.3, -0.25) is 4.90 Å². The molecule has 2 aliphatic rings. The van der Waals surface area contributed by atoms with Crippen molar-refractivity contribution >= 4 is 16.5 Å². The summed E-state index contributed by atoms with van der Waals surface area (Å²) in [7, 11) is 4.16. The van der Waals surface area contributed by atoms with Gasteiger partial charge in [-0.1, -0.05) is 36.7 Å². The molecule has 1 aliphatic carbocycles. The molecule has 0 aromatic carbocycles. The number of nitrogens with one attached hydrogen (secondary N) is 2. The molecular formula is C17H27N5S. The van der Waals surface area contributed by atoms with Gasteiger partial charge in [0.2, 0.25) is 5.13 Å². The topological polar surface area (TPSA) is 53.1 Å². The highest BCUT2D eigenvalue weighted by Crippen LogP contribution is 2.35. The second kappa shape index (κ2) is 7.93. The standard InChI is InChI=1S/C17H27N5S/c1-22(2)15-10-6-9-14(19-15)11-12-18-17-21-20-16(23-17)13-7-4-3-5-8-13/h6,9-10,13,15,19H,3-5,7-8,11-12H2,1-2H3,(H,18,21). The van der Waals surface area contributed by atoms with Gasteiger partial charge in [0.25, 0.3) is 0 Å². The molecule has 0 spiro atoms. The Morgan fingerprint density at radius 1 is 1.26 bits per heavy atom. The zero-order chi connectivity index (χ0) is 16.1. The van der Waals surface area contributed by atoms with Crippen molar-refractivity contribution in [3.63, 3.8) is 0 Å². The van der Waals surface area contributed by atoms with Crippen molar-refractivity contribution in [2.75, 3.05) is 26.0 Å². The van der Waals surface area contributed by atoms with Crippen molar-refractivity contribution in [3.8, 4) is 0 Å². The zero-order valence-corrected chi connectivity index (χ0v) is 14.9. The van der Waals surface area contributed by atoms with E-state index < -0.39 is 0 Å². The van der Waals surface area contributed by atoms with E-state index in [1.54, 1.807) is 11.3 Å². The normalized spacial score (nSPS) is 22.0. The first-order valence-electron chi connectivity index (χ1n) is 8.60. The molecule has 0 amide bonds. The van der Waals surface area contributed by atoms with Gasteiger partial charge >= 0.3 is 0 Å². The summed E-state index contributed by atoms with van der Waals surface area (Å²) in [5.74, 6) is 0.644. The molecule has 1 fully saturated rings. The lowest BCUT2D eigenvalue weighted by Gasteiger charge is -2.27. The minimum Gasteiger partial charge on any atom is -0.370 e. The fourth-order valence-corrected chi connectivity index (χ4v) is 4.08. The second-order valence-corrected chi connectivity index (χ2v) is 7.60. The van der Waals surface area contributed by atoms with Crippen molar-refractivity contribution in [1.82, 2.24) is 20.4 Å². The number of likely N-dealkylation sites (N-methyl/N-ethyl adjacent to an activating group) is 1. The van der Waals surface area contributed by atoms with E-state index >= 15 is 0 Å². The third kappa shape index (κ3) is 4.54. The lowest BCUT2D eigenvalue weighted by Crippen LogP contribution is -2.40. The van der Waals surface area contributed by atoms with Crippen LogP contribution in [0.5, 0.6) is 0 Å². The molecule has 1 aromatic rings. The number of rotatable bonds is 6. The van der Waals surface area contributed by atoms with E-state index in [0.717, 1.165) is 18.1 Å². The summed E-state index contributed by atoms with van der Waals surface area (Å²) in [4.78, 5) is 2.16. The van der Waals surface area contributed by atoms with Crippen LogP contribution in [0.2, 0.25) is 0 Å². The number of aromatic nitrogens is 2. The molecule has 0 radical (unpaired) electrons. The summed E-state index contributed by atoms with van der Waals surface area (Å²) >= 11 is 1.74. The average molecular weight is 334 g/mol. The molecule has 1 aromatic heterocycles. The fourth-order valence-electron chi connectivity index (χ4n) is 3.14. The third-order valence-electron chi connectivity index (χ3n) is 4.55. The lowest BCUT2D eigenvalue weighted by atomic mass is 9.90. The Hall–Kier alpha value is -1.40. The maximum atomic E-state index is 4.40. The zero-order valence-electron chi connectivity index (χ0n) is 14.1. The molecule has 2 N–H and O–H groups in total. The van der Waals surface area contributed by atoms with Gasteiger partial charge in [0.1, 0.15) is 5.01 Å². The molecule has 1 saturated carbocycles. The number of anilines is 1. The summed E-state index contributed by atoms with van der Waals surface area (Å²) in [6, 6.07) is 0. The first kappa shape index (κ1) is 16.5. The van der Waals surface area contributed by atoms with Crippen LogP contribution >= 0.6 is 11.3 Å². The van der Waals surface area contributed by atoms with E-state index in [0.29, 0.717) is 5.92 Å². The van der Waals surface area contributed by atoms with E-state index in [4.69, 9.17) is 0 Å². The molecule has 126 valence electrons. The monoisotopic (exact) mass is 333 g/mol. The molecule has 1 aliphatic heterocycles. The highest BCUT2D eigenvalue weighted by atomic mass is 32.1. The number of allylic oxidation sites excluding steroid dienone is 2.